The van der Waals surface area contributed by atoms with Gasteiger partial charge in [-0.3, -0.25) is 15.1 Å². The SMILES string of the molecule is Cc1ccccc1N=Cc1ccc(OC(=O)c2ccc([N+](=O)[O-])o2)cc1. The van der Waals surface area contributed by atoms with Gasteiger partial charge < -0.3 is 9.15 Å². The lowest BCUT2D eigenvalue weighted by Gasteiger charge is -2.02. The van der Waals surface area contributed by atoms with Crippen LogP contribution in [0.2, 0.25) is 0 Å². The highest BCUT2D eigenvalue weighted by molar-refractivity contribution is 5.88. The average molecular weight is 350 g/mol. The monoisotopic (exact) mass is 350 g/mol. The number of nitro groups is 1. The predicted molar refractivity (Wildman–Crippen MR) is 95.2 cm³/mol. The second kappa shape index (κ2) is 7.43. The van der Waals surface area contributed by atoms with E-state index in [-0.39, 0.29) is 5.76 Å². The van der Waals surface area contributed by atoms with E-state index in [2.05, 4.69) is 4.99 Å². The van der Waals surface area contributed by atoms with Crippen molar-refractivity contribution in [1.29, 1.82) is 0 Å². The van der Waals surface area contributed by atoms with Gasteiger partial charge in [0, 0.05) is 6.21 Å². The number of hydrogen-bond acceptors (Lipinski definition) is 6. The Hall–Kier alpha value is -3.74. The van der Waals surface area contributed by atoms with E-state index >= 15 is 0 Å². The molecule has 3 rings (SSSR count). The third-order valence-corrected chi connectivity index (χ3v) is 3.53. The van der Waals surface area contributed by atoms with E-state index in [0.717, 1.165) is 22.9 Å². The molecular weight excluding hydrogens is 336 g/mol. The summed E-state index contributed by atoms with van der Waals surface area (Å²) < 4.78 is 9.94. The minimum Gasteiger partial charge on any atom is -0.421 e. The molecule has 0 unspecified atom stereocenters. The Bertz CT molecular complexity index is 974. The normalized spacial score (nSPS) is 10.8. The first-order valence-corrected chi connectivity index (χ1v) is 7.69. The van der Waals surface area contributed by atoms with Crippen LogP contribution in [0.1, 0.15) is 21.7 Å². The van der Waals surface area contributed by atoms with Gasteiger partial charge in [0.1, 0.15) is 10.7 Å². The summed E-state index contributed by atoms with van der Waals surface area (Å²) >= 11 is 0. The number of furan rings is 1. The molecule has 7 heteroatoms. The Kier molecular flexibility index (Phi) is 4.89. The van der Waals surface area contributed by atoms with Crippen LogP contribution in [0, 0.1) is 17.0 Å². The molecule has 0 saturated heterocycles. The smallest absolute Gasteiger partial charge is 0.421 e. The summed E-state index contributed by atoms with van der Waals surface area (Å²) in [5.41, 5.74) is 2.78. The number of para-hydroxylation sites is 1. The van der Waals surface area contributed by atoms with E-state index in [1.165, 1.54) is 6.07 Å². The van der Waals surface area contributed by atoms with Gasteiger partial charge in [-0.15, -0.1) is 0 Å². The quantitative estimate of drug-likeness (QED) is 0.222. The van der Waals surface area contributed by atoms with E-state index in [1.54, 1.807) is 30.5 Å². The molecule has 0 N–H and O–H groups in total. The lowest BCUT2D eigenvalue weighted by molar-refractivity contribution is -0.402. The van der Waals surface area contributed by atoms with Crippen molar-refractivity contribution in [1.82, 2.24) is 0 Å². The Labute approximate surface area is 148 Å². The fraction of sp³-hybridized carbons (Fsp3) is 0.0526. The maximum absolute atomic E-state index is 11.9. The predicted octanol–water partition coefficient (Wildman–Crippen LogP) is 4.47. The molecule has 0 aliphatic heterocycles. The van der Waals surface area contributed by atoms with Crippen molar-refractivity contribution in [2.24, 2.45) is 4.99 Å². The van der Waals surface area contributed by atoms with Gasteiger partial charge in [-0.1, -0.05) is 18.2 Å². The van der Waals surface area contributed by atoms with Crippen LogP contribution < -0.4 is 4.74 Å². The lowest BCUT2D eigenvalue weighted by Crippen LogP contribution is -2.07. The highest BCUT2D eigenvalue weighted by Gasteiger charge is 2.18. The van der Waals surface area contributed by atoms with Gasteiger partial charge in [0.2, 0.25) is 5.76 Å². The number of aliphatic imine (C=N–C) groups is 1. The molecule has 0 amide bonds. The zero-order valence-corrected chi connectivity index (χ0v) is 13.8. The fourth-order valence-corrected chi connectivity index (χ4v) is 2.17. The second-order valence-electron chi connectivity index (χ2n) is 5.40. The molecule has 0 atom stereocenters. The maximum Gasteiger partial charge on any atom is 0.433 e. The molecule has 0 spiro atoms. The van der Waals surface area contributed by atoms with E-state index in [4.69, 9.17) is 9.15 Å². The van der Waals surface area contributed by atoms with Crippen LogP contribution in [0.4, 0.5) is 11.6 Å². The molecular formula is C19H14N2O5. The molecule has 0 saturated carbocycles. The van der Waals surface area contributed by atoms with E-state index in [1.807, 2.05) is 31.2 Å². The van der Waals surface area contributed by atoms with Crippen LogP contribution in [0.25, 0.3) is 0 Å². The summed E-state index contributed by atoms with van der Waals surface area (Å²) in [6.07, 6.45) is 1.71. The van der Waals surface area contributed by atoms with Crippen LogP contribution in [-0.2, 0) is 0 Å². The molecule has 2 aromatic carbocycles. The first-order chi connectivity index (χ1) is 12.5. The number of esters is 1. The van der Waals surface area contributed by atoms with Crippen molar-refractivity contribution in [2.75, 3.05) is 0 Å². The van der Waals surface area contributed by atoms with Gasteiger partial charge in [0.25, 0.3) is 0 Å². The molecule has 0 bridgehead atoms. The molecule has 3 aromatic rings. The van der Waals surface area contributed by atoms with Gasteiger partial charge >= 0.3 is 11.9 Å². The summed E-state index contributed by atoms with van der Waals surface area (Å²) in [6.45, 7) is 1.98. The molecule has 26 heavy (non-hydrogen) atoms. The second-order valence-corrected chi connectivity index (χ2v) is 5.40. The van der Waals surface area contributed by atoms with Gasteiger partial charge in [-0.05, 0) is 54.4 Å². The van der Waals surface area contributed by atoms with E-state index in [9.17, 15) is 14.9 Å². The lowest BCUT2D eigenvalue weighted by atomic mass is 10.2. The summed E-state index contributed by atoms with van der Waals surface area (Å²) in [4.78, 5) is 26.2. The summed E-state index contributed by atoms with van der Waals surface area (Å²) in [7, 11) is 0. The van der Waals surface area contributed by atoms with Crippen LogP contribution >= 0.6 is 0 Å². The third-order valence-electron chi connectivity index (χ3n) is 3.53. The molecule has 7 nitrogen and oxygen atoms in total. The highest BCUT2D eigenvalue weighted by atomic mass is 16.7. The van der Waals surface area contributed by atoms with Crippen LogP contribution in [0.15, 0.2) is 70.1 Å². The maximum atomic E-state index is 11.9. The summed E-state index contributed by atoms with van der Waals surface area (Å²) in [6, 6.07) is 16.8. The number of nitrogens with zero attached hydrogens (tertiary/aromatic N) is 2. The van der Waals surface area contributed by atoms with Crippen molar-refractivity contribution >= 4 is 23.8 Å². The van der Waals surface area contributed by atoms with Crippen molar-refractivity contribution in [2.45, 2.75) is 6.92 Å². The van der Waals surface area contributed by atoms with Crippen molar-refractivity contribution in [3.05, 3.63) is 87.7 Å². The number of aryl methyl sites for hydroxylation is 1. The number of rotatable bonds is 5. The summed E-state index contributed by atoms with van der Waals surface area (Å²) in [5, 5.41) is 10.6. The molecule has 0 aliphatic carbocycles. The van der Waals surface area contributed by atoms with Crippen LogP contribution in [0.3, 0.4) is 0 Å². The fourth-order valence-electron chi connectivity index (χ4n) is 2.17. The topological polar surface area (TPSA) is 94.9 Å². The number of carbonyl (C=O) groups excluding carboxylic acids is 1. The minimum absolute atomic E-state index is 0.234. The van der Waals surface area contributed by atoms with Gasteiger partial charge in [0.15, 0.2) is 0 Å². The molecule has 0 aliphatic rings. The Balaban J connectivity index is 1.66. The van der Waals surface area contributed by atoms with Crippen LogP contribution in [-0.4, -0.2) is 17.1 Å². The first kappa shape index (κ1) is 17.1. The minimum atomic E-state index is -0.806. The molecule has 0 radical (unpaired) electrons. The van der Waals surface area contributed by atoms with Crippen LogP contribution in [0.5, 0.6) is 5.75 Å². The number of benzene rings is 2. The molecule has 130 valence electrons. The number of carbonyl (C=O) groups is 1. The number of hydrogen-bond donors (Lipinski definition) is 0. The largest absolute Gasteiger partial charge is 0.433 e. The Morgan fingerprint density at radius 2 is 1.85 bits per heavy atom. The zero-order valence-electron chi connectivity index (χ0n) is 13.8. The first-order valence-electron chi connectivity index (χ1n) is 7.69. The van der Waals surface area contributed by atoms with E-state index < -0.39 is 16.8 Å². The Morgan fingerprint density at radius 3 is 2.50 bits per heavy atom. The molecule has 1 heterocycles. The highest BCUT2D eigenvalue weighted by Crippen LogP contribution is 2.20. The van der Waals surface area contributed by atoms with Gasteiger partial charge in [-0.25, -0.2) is 4.79 Å². The summed E-state index contributed by atoms with van der Waals surface area (Å²) in [5.74, 6) is -1.26. The van der Waals surface area contributed by atoms with Crippen molar-refractivity contribution in [3.8, 4) is 5.75 Å². The molecule has 0 fully saturated rings. The van der Waals surface area contributed by atoms with Crippen molar-refractivity contribution < 1.29 is 18.9 Å². The Morgan fingerprint density at radius 1 is 1.12 bits per heavy atom. The third kappa shape index (κ3) is 4.02. The van der Waals surface area contributed by atoms with E-state index in [0.29, 0.717) is 5.75 Å². The van der Waals surface area contributed by atoms with Gasteiger partial charge in [0.05, 0.1) is 11.8 Å². The average Bonchev–Trinajstić information content (AvgIpc) is 3.13. The van der Waals surface area contributed by atoms with Crippen molar-refractivity contribution in [3.63, 3.8) is 0 Å². The molecule has 1 aromatic heterocycles. The standard InChI is InChI=1S/C19H14N2O5/c1-13-4-2-3-5-16(13)20-12-14-6-8-15(9-7-14)25-19(22)17-10-11-18(26-17)21(23)24/h2-12H,1H3. The number of ether oxygens (including phenoxy) is 1. The van der Waals surface area contributed by atoms with Gasteiger partial charge in [-0.2, -0.15) is 0 Å². The zero-order chi connectivity index (χ0) is 18.5.